The Bertz CT molecular complexity index is 560. The number of benzene rings is 1. The lowest BCUT2D eigenvalue weighted by Gasteiger charge is -2.17. The summed E-state index contributed by atoms with van der Waals surface area (Å²) >= 11 is 0. The van der Waals surface area contributed by atoms with Gasteiger partial charge in [0.25, 0.3) is 0 Å². The van der Waals surface area contributed by atoms with E-state index in [1.807, 2.05) is 24.3 Å². The fraction of sp³-hybridized carbons (Fsp3) is 0.375. The number of ketones is 1. The summed E-state index contributed by atoms with van der Waals surface area (Å²) in [4.78, 5) is 16.3. The minimum Gasteiger partial charge on any atom is -0.300 e. The number of fused-ring (bicyclic) bond motifs is 1. The van der Waals surface area contributed by atoms with Crippen molar-refractivity contribution in [1.82, 2.24) is 4.98 Å². The lowest BCUT2D eigenvalue weighted by atomic mass is 9.88. The number of pyridine rings is 1. The number of nitrogens with zero attached hydrogens (tertiary/aromatic N) is 1. The molecule has 2 nitrogen and oxygen atoms in total. The van der Waals surface area contributed by atoms with Gasteiger partial charge in [-0.15, -0.1) is 0 Å². The zero-order valence-electron chi connectivity index (χ0n) is 11.2. The van der Waals surface area contributed by atoms with Crippen molar-refractivity contribution in [3.05, 3.63) is 42.1 Å². The van der Waals surface area contributed by atoms with Crippen LogP contribution in [0.15, 0.2) is 36.4 Å². The van der Waals surface area contributed by atoms with Gasteiger partial charge in [0, 0.05) is 17.0 Å². The van der Waals surface area contributed by atoms with E-state index in [1.54, 1.807) is 6.92 Å². The minimum absolute atomic E-state index is 0.0682. The van der Waals surface area contributed by atoms with Gasteiger partial charge in [0.05, 0.1) is 5.52 Å². The van der Waals surface area contributed by atoms with E-state index in [4.69, 9.17) is 0 Å². The first kappa shape index (κ1) is 12.7. The maximum Gasteiger partial charge on any atom is 0.133 e. The molecule has 0 aliphatic heterocycles. The third kappa shape index (κ3) is 2.76. The van der Waals surface area contributed by atoms with Gasteiger partial charge < -0.3 is 0 Å². The molecule has 2 heteroatoms. The third-order valence-corrected chi connectivity index (χ3v) is 3.41. The molecule has 94 valence electrons. The van der Waals surface area contributed by atoms with Crippen LogP contribution in [0.25, 0.3) is 10.9 Å². The highest BCUT2D eigenvalue weighted by molar-refractivity contribution is 5.80. The van der Waals surface area contributed by atoms with E-state index in [2.05, 4.69) is 31.0 Å². The van der Waals surface area contributed by atoms with Gasteiger partial charge in [0.15, 0.2) is 0 Å². The van der Waals surface area contributed by atoms with E-state index in [0.717, 1.165) is 23.0 Å². The van der Waals surface area contributed by atoms with Crippen LogP contribution < -0.4 is 0 Å². The van der Waals surface area contributed by atoms with Crippen molar-refractivity contribution in [2.45, 2.75) is 27.2 Å². The molecular weight excluding hydrogens is 222 g/mol. The fourth-order valence-corrected chi connectivity index (χ4v) is 2.30. The van der Waals surface area contributed by atoms with Gasteiger partial charge >= 0.3 is 0 Å². The molecular formula is C16H19NO. The largest absolute Gasteiger partial charge is 0.300 e. The third-order valence-electron chi connectivity index (χ3n) is 3.41. The molecule has 1 unspecified atom stereocenters. The monoisotopic (exact) mass is 241 g/mol. The van der Waals surface area contributed by atoms with Crippen LogP contribution in [0.2, 0.25) is 0 Å². The van der Waals surface area contributed by atoms with Crippen molar-refractivity contribution in [3.63, 3.8) is 0 Å². The van der Waals surface area contributed by atoms with Crippen molar-refractivity contribution in [2.75, 3.05) is 0 Å². The number of para-hydroxylation sites is 1. The van der Waals surface area contributed by atoms with Gasteiger partial charge in [-0.05, 0) is 31.4 Å². The second kappa shape index (κ2) is 5.30. The Morgan fingerprint density at radius 3 is 2.56 bits per heavy atom. The van der Waals surface area contributed by atoms with Gasteiger partial charge in [-0.3, -0.25) is 9.78 Å². The molecule has 0 aliphatic carbocycles. The highest BCUT2D eigenvalue weighted by Gasteiger charge is 2.19. The Balaban J connectivity index is 2.28. The summed E-state index contributed by atoms with van der Waals surface area (Å²) in [7, 11) is 0. The topological polar surface area (TPSA) is 30.0 Å². The Labute approximate surface area is 108 Å². The summed E-state index contributed by atoms with van der Waals surface area (Å²) in [5.41, 5.74) is 2.00. The molecule has 0 N–H and O–H groups in total. The van der Waals surface area contributed by atoms with E-state index < -0.39 is 0 Å². The van der Waals surface area contributed by atoms with Gasteiger partial charge in [-0.25, -0.2) is 0 Å². The quantitative estimate of drug-likeness (QED) is 0.818. The molecule has 0 amide bonds. The smallest absolute Gasteiger partial charge is 0.133 e. The van der Waals surface area contributed by atoms with E-state index in [-0.39, 0.29) is 11.7 Å². The van der Waals surface area contributed by atoms with Gasteiger partial charge in [-0.2, -0.15) is 0 Å². The van der Waals surface area contributed by atoms with Crippen LogP contribution in [0.3, 0.4) is 0 Å². The van der Waals surface area contributed by atoms with Crippen molar-refractivity contribution in [2.24, 2.45) is 11.8 Å². The Kier molecular flexibility index (Phi) is 3.75. The molecule has 2 aromatic rings. The van der Waals surface area contributed by atoms with Crippen LogP contribution in [-0.2, 0) is 11.2 Å². The molecule has 1 atom stereocenters. The highest BCUT2D eigenvalue weighted by atomic mass is 16.1. The standard InChI is InChI=1S/C16H19NO/c1-11(2)15(12(3)18)10-14-9-8-13-6-4-5-7-16(13)17-14/h4-9,11,15H,10H2,1-3H3. The molecule has 1 aromatic carbocycles. The second-order valence-corrected chi connectivity index (χ2v) is 5.16. The van der Waals surface area contributed by atoms with Crippen LogP contribution in [0, 0.1) is 11.8 Å². The molecule has 0 saturated carbocycles. The number of carbonyl (C=O) groups excluding carboxylic acids is 1. The molecule has 18 heavy (non-hydrogen) atoms. The summed E-state index contributed by atoms with van der Waals surface area (Å²) in [6, 6.07) is 12.2. The number of carbonyl (C=O) groups is 1. The molecule has 0 bridgehead atoms. The van der Waals surface area contributed by atoms with E-state index >= 15 is 0 Å². The normalized spacial score (nSPS) is 12.9. The Hall–Kier alpha value is -1.70. The molecule has 2 rings (SSSR count). The van der Waals surface area contributed by atoms with Crippen molar-refractivity contribution < 1.29 is 4.79 Å². The highest BCUT2D eigenvalue weighted by Crippen LogP contribution is 2.19. The molecule has 0 spiro atoms. The summed E-state index contributed by atoms with van der Waals surface area (Å²) in [5.74, 6) is 0.675. The molecule has 0 radical (unpaired) electrons. The number of hydrogen-bond acceptors (Lipinski definition) is 2. The number of rotatable bonds is 4. The average Bonchev–Trinajstić information content (AvgIpc) is 2.35. The van der Waals surface area contributed by atoms with Crippen LogP contribution in [0.4, 0.5) is 0 Å². The zero-order valence-corrected chi connectivity index (χ0v) is 11.2. The molecule has 1 aromatic heterocycles. The number of hydrogen-bond donors (Lipinski definition) is 0. The van der Waals surface area contributed by atoms with Crippen LogP contribution >= 0.6 is 0 Å². The van der Waals surface area contributed by atoms with E-state index in [9.17, 15) is 4.79 Å². The maximum atomic E-state index is 11.6. The van der Waals surface area contributed by atoms with Crippen molar-refractivity contribution >= 4 is 16.7 Å². The predicted molar refractivity (Wildman–Crippen MR) is 74.5 cm³/mol. The first-order valence-corrected chi connectivity index (χ1v) is 6.43. The summed E-state index contributed by atoms with van der Waals surface area (Å²) in [6.45, 7) is 5.85. The van der Waals surface area contributed by atoms with Crippen LogP contribution in [0.1, 0.15) is 26.5 Å². The number of aromatic nitrogens is 1. The lowest BCUT2D eigenvalue weighted by molar-refractivity contribution is -0.121. The predicted octanol–water partition coefficient (Wildman–Crippen LogP) is 3.64. The Morgan fingerprint density at radius 2 is 1.89 bits per heavy atom. The second-order valence-electron chi connectivity index (χ2n) is 5.16. The number of Topliss-reactive ketones (excluding diaryl/α,β-unsaturated/α-hetero) is 1. The van der Waals surface area contributed by atoms with Crippen LogP contribution in [0.5, 0.6) is 0 Å². The maximum absolute atomic E-state index is 11.6. The van der Waals surface area contributed by atoms with E-state index in [0.29, 0.717) is 5.92 Å². The average molecular weight is 241 g/mol. The zero-order chi connectivity index (χ0) is 13.1. The molecule has 1 heterocycles. The SMILES string of the molecule is CC(=O)C(Cc1ccc2ccccc2n1)C(C)C. The summed E-state index contributed by atoms with van der Waals surface area (Å²) in [5, 5.41) is 1.14. The van der Waals surface area contributed by atoms with Crippen LogP contribution in [-0.4, -0.2) is 10.8 Å². The lowest BCUT2D eigenvalue weighted by Crippen LogP contribution is -2.20. The van der Waals surface area contributed by atoms with Gasteiger partial charge in [0.2, 0.25) is 0 Å². The first-order valence-electron chi connectivity index (χ1n) is 6.43. The van der Waals surface area contributed by atoms with Crippen molar-refractivity contribution in [1.29, 1.82) is 0 Å². The fourth-order valence-electron chi connectivity index (χ4n) is 2.30. The minimum atomic E-state index is 0.0682. The van der Waals surface area contributed by atoms with Gasteiger partial charge in [-0.1, -0.05) is 38.1 Å². The van der Waals surface area contributed by atoms with E-state index in [1.165, 1.54) is 0 Å². The molecule has 0 saturated heterocycles. The van der Waals surface area contributed by atoms with Gasteiger partial charge in [0.1, 0.15) is 5.78 Å². The Morgan fingerprint density at radius 1 is 1.17 bits per heavy atom. The summed E-state index contributed by atoms with van der Waals surface area (Å²) < 4.78 is 0. The van der Waals surface area contributed by atoms with Crippen molar-refractivity contribution in [3.8, 4) is 0 Å². The molecule has 0 aliphatic rings. The summed E-state index contributed by atoms with van der Waals surface area (Å²) in [6.07, 6.45) is 0.734. The molecule has 0 fully saturated rings. The first-order chi connectivity index (χ1) is 8.58.